The van der Waals surface area contributed by atoms with Crippen molar-refractivity contribution in [2.75, 3.05) is 6.79 Å². The summed E-state index contributed by atoms with van der Waals surface area (Å²) in [5.41, 5.74) is 3.20. The lowest BCUT2D eigenvalue weighted by atomic mass is 9.94. The van der Waals surface area contributed by atoms with Gasteiger partial charge in [-0.2, -0.15) is 0 Å². The Morgan fingerprint density at radius 2 is 1.27 bits per heavy atom. The summed E-state index contributed by atoms with van der Waals surface area (Å²) in [6.45, 7) is 0.131. The fourth-order valence-corrected chi connectivity index (χ4v) is 3.39. The fraction of sp³-hybridized carbons (Fsp3) is 0.0526. The first-order valence-electron chi connectivity index (χ1n) is 7.75. The van der Waals surface area contributed by atoms with Gasteiger partial charge in [-0.1, -0.05) is 24.3 Å². The normalized spacial score (nSPS) is 13.0. The highest BCUT2D eigenvalue weighted by Crippen LogP contribution is 2.43. The molecule has 5 nitrogen and oxygen atoms in total. The average molecular weight is 371 g/mol. The van der Waals surface area contributed by atoms with Crippen LogP contribution in [0, 0.1) is 5.82 Å². The van der Waals surface area contributed by atoms with Crippen LogP contribution >= 0.6 is 0 Å². The van der Waals surface area contributed by atoms with E-state index in [0.717, 1.165) is 22.3 Å². The SMILES string of the molecule is NS(=O)(=O)c1ccc(-c2cc3c(cc2-c2ccc(F)cc2)OCO3)cc1. The minimum Gasteiger partial charge on any atom is -0.454 e. The van der Waals surface area contributed by atoms with Gasteiger partial charge < -0.3 is 9.47 Å². The number of sulfonamides is 1. The van der Waals surface area contributed by atoms with Gasteiger partial charge in [0.05, 0.1) is 4.90 Å². The highest BCUT2D eigenvalue weighted by Gasteiger charge is 2.19. The molecule has 1 heterocycles. The molecule has 132 valence electrons. The zero-order valence-corrected chi connectivity index (χ0v) is 14.3. The summed E-state index contributed by atoms with van der Waals surface area (Å²) in [5, 5.41) is 5.15. The van der Waals surface area contributed by atoms with Gasteiger partial charge in [0.15, 0.2) is 11.5 Å². The quantitative estimate of drug-likeness (QED) is 0.764. The Bertz CT molecular complexity index is 1080. The van der Waals surface area contributed by atoms with Crippen LogP contribution in [0.5, 0.6) is 11.5 Å². The molecule has 3 aromatic rings. The molecule has 2 N–H and O–H groups in total. The molecular weight excluding hydrogens is 357 g/mol. The third kappa shape index (κ3) is 3.02. The first-order chi connectivity index (χ1) is 12.4. The number of ether oxygens (including phenoxy) is 2. The zero-order chi connectivity index (χ0) is 18.3. The number of benzene rings is 3. The average Bonchev–Trinajstić information content (AvgIpc) is 3.08. The fourth-order valence-electron chi connectivity index (χ4n) is 2.87. The van der Waals surface area contributed by atoms with E-state index in [2.05, 4.69) is 0 Å². The Morgan fingerprint density at radius 3 is 1.73 bits per heavy atom. The Kier molecular flexibility index (Phi) is 3.90. The van der Waals surface area contributed by atoms with Crippen molar-refractivity contribution in [1.29, 1.82) is 0 Å². The molecule has 3 aromatic carbocycles. The van der Waals surface area contributed by atoms with Gasteiger partial charge in [0.25, 0.3) is 0 Å². The van der Waals surface area contributed by atoms with Gasteiger partial charge in [0, 0.05) is 0 Å². The maximum absolute atomic E-state index is 13.3. The number of rotatable bonds is 3. The second kappa shape index (κ2) is 6.12. The standard InChI is InChI=1S/C19H14FNO4S/c20-14-5-1-12(2-6-14)16-9-18-19(25-11-24-18)10-17(16)13-3-7-15(8-4-13)26(21,22)23/h1-10H,11H2,(H2,21,22,23). The molecule has 0 saturated carbocycles. The van der Waals surface area contributed by atoms with Crippen LogP contribution in [-0.4, -0.2) is 15.2 Å². The van der Waals surface area contributed by atoms with Crippen molar-refractivity contribution in [1.82, 2.24) is 0 Å². The van der Waals surface area contributed by atoms with Crippen molar-refractivity contribution in [2.45, 2.75) is 4.90 Å². The van der Waals surface area contributed by atoms with E-state index in [0.29, 0.717) is 11.5 Å². The van der Waals surface area contributed by atoms with Crippen LogP contribution in [0.2, 0.25) is 0 Å². The van der Waals surface area contributed by atoms with E-state index >= 15 is 0 Å². The molecule has 0 unspecified atom stereocenters. The van der Waals surface area contributed by atoms with E-state index in [4.69, 9.17) is 14.6 Å². The van der Waals surface area contributed by atoms with Crippen LogP contribution in [0.4, 0.5) is 4.39 Å². The van der Waals surface area contributed by atoms with Gasteiger partial charge in [0.1, 0.15) is 5.82 Å². The molecule has 0 bridgehead atoms. The Morgan fingerprint density at radius 1 is 0.808 bits per heavy atom. The van der Waals surface area contributed by atoms with E-state index < -0.39 is 10.0 Å². The van der Waals surface area contributed by atoms with E-state index in [-0.39, 0.29) is 17.5 Å². The smallest absolute Gasteiger partial charge is 0.238 e. The lowest BCUT2D eigenvalue weighted by Gasteiger charge is -2.12. The molecule has 0 radical (unpaired) electrons. The Balaban J connectivity index is 1.88. The molecule has 1 aliphatic heterocycles. The number of fused-ring (bicyclic) bond motifs is 1. The maximum atomic E-state index is 13.3. The molecule has 0 saturated heterocycles. The number of primary sulfonamides is 1. The van der Waals surface area contributed by atoms with Gasteiger partial charge in [0.2, 0.25) is 16.8 Å². The van der Waals surface area contributed by atoms with Crippen molar-refractivity contribution in [3.8, 4) is 33.8 Å². The van der Waals surface area contributed by atoms with E-state index in [1.54, 1.807) is 24.3 Å². The van der Waals surface area contributed by atoms with Crippen molar-refractivity contribution >= 4 is 10.0 Å². The van der Waals surface area contributed by atoms with E-state index in [1.807, 2.05) is 12.1 Å². The predicted octanol–water partition coefficient (Wildman–Crippen LogP) is 3.54. The maximum Gasteiger partial charge on any atom is 0.238 e. The van der Waals surface area contributed by atoms with Gasteiger partial charge in [-0.05, 0) is 58.7 Å². The Hall–Kier alpha value is -2.90. The lowest BCUT2D eigenvalue weighted by molar-refractivity contribution is 0.174. The molecule has 7 heteroatoms. The van der Waals surface area contributed by atoms with Gasteiger partial charge in [-0.25, -0.2) is 17.9 Å². The second-order valence-electron chi connectivity index (χ2n) is 5.83. The summed E-state index contributed by atoms with van der Waals surface area (Å²) in [7, 11) is -3.76. The van der Waals surface area contributed by atoms with Gasteiger partial charge >= 0.3 is 0 Å². The molecule has 0 aromatic heterocycles. The molecule has 0 aliphatic carbocycles. The molecular formula is C19H14FNO4S. The van der Waals surface area contributed by atoms with Gasteiger partial charge in [-0.15, -0.1) is 0 Å². The third-order valence-electron chi connectivity index (χ3n) is 4.16. The molecule has 1 aliphatic rings. The van der Waals surface area contributed by atoms with E-state index in [1.165, 1.54) is 24.3 Å². The number of hydrogen-bond acceptors (Lipinski definition) is 4. The van der Waals surface area contributed by atoms with E-state index in [9.17, 15) is 12.8 Å². The highest BCUT2D eigenvalue weighted by atomic mass is 32.2. The molecule has 0 spiro atoms. The lowest BCUT2D eigenvalue weighted by Crippen LogP contribution is -2.11. The highest BCUT2D eigenvalue weighted by molar-refractivity contribution is 7.89. The third-order valence-corrected chi connectivity index (χ3v) is 5.09. The molecule has 26 heavy (non-hydrogen) atoms. The summed E-state index contributed by atoms with van der Waals surface area (Å²) in [5.74, 6) is 0.879. The van der Waals surface area contributed by atoms with Crippen LogP contribution in [0.25, 0.3) is 22.3 Å². The summed E-state index contributed by atoms with van der Waals surface area (Å²) in [4.78, 5) is 0.0327. The molecule has 0 atom stereocenters. The molecule has 0 amide bonds. The number of nitrogens with two attached hydrogens (primary N) is 1. The molecule has 4 rings (SSSR count). The minimum absolute atomic E-state index is 0.0327. The zero-order valence-electron chi connectivity index (χ0n) is 13.5. The summed E-state index contributed by atoms with van der Waals surface area (Å²) >= 11 is 0. The van der Waals surface area contributed by atoms with Crippen molar-refractivity contribution in [2.24, 2.45) is 5.14 Å². The van der Waals surface area contributed by atoms with Crippen molar-refractivity contribution < 1.29 is 22.3 Å². The van der Waals surface area contributed by atoms with Gasteiger partial charge in [-0.3, -0.25) is 0 Å². The van der Waals surface area contributed by atoms with Crippen molar-refractivity contribution in [3.63, 3.8) is 0 Å². The van der Waals surface area contributed by atoms with Crippen LogP contribution in [0.1, 0.15) is 0 Å². The number of halogens is 1. The first-order valence-corrected chi connectivity index (χ1v) is 9.29. The van der Waals surface area contributed by atoms with Crippen molar-refractivity contribution in [3.05, 3.63) is 66.5 Å². The van der Waals surface area contributed by atoms with Crippen LogP contribution in [0.15, 0.2) is 65.6 Å². The predicted molar refractivity (Wildman–Crippen MR) is 94.8 cm³/mol. The Labute approximate surface area is 149 Å². The van der Waals surface area contributed by atoms with Crippen LogP contribution in [0.3, 0.4) is 0 Å². The second-order valence-corrected chi connectivity index (χ2v) is 7.39. The van der Waals surface area contributed by atoms with Crippen LogP contribution in [-0.2, 0) is 10.0 Å². The summed E-state index contributed by atoms with van der Waals surface area (Å²) in [6, 6.07) is 16.0. The van der Waals surface area contributed by atoms with Crippen LogP contribution < -0.4 is 14.6 Å². The topological polar surface area (TPSA) is 78.6 Å². The number of hydrogen-bond donors (Lipinski definition) is 1. The monoisotopic (exact) mass is 371 g/mol. The summed E-state index contributed by atoms with van der Waals surface area (Å²) in [6.07, 6.45) is 0. The largest absolute Gasteiger partial charge is 0.454 e. The molecule has 0 fully saturated rings. The minimum atomic E-state index is -3.76. The first kappa shape index (κ1) is 16.6. The summed E-state index contributed by atoms with van der Waals surface area (Å²) < 4.78 is 47.1.